The van der Waals surface area contributed by atoms with Gasteiger partial charge in [-0.3, -0.25) is 4.79 Å². The minimum atomic E-state index is -0.252. The van der Waals surface area contributed by atoms with Crippen LogP contribution in [0.25, 0.3) is 11.1 Å². The summed E-state index contributed by atoms with van der Waals surface area (Å²) in [7, 11) is 1.88. The molecule has 7 heteroatoms. The van der Waals surface area contributed by atoms with E-state index in [2.05, 4.69) is 32.6 Å². The SMILES string of the molecule is CC(OCc1nc(=O)c(-c2ccccc2)c(I)n1C)c1ccc(Cl)nc1. The third-order valence-corrected chi connectivity index (χ3v) is 5.56. The Hall–Kier alpha value is -1.77. The Bertz CT molecular complexity index is 959. The molecular weight excluding hydrogens is 465 g/mol. The van der Waals surface area contributed by atoms with Crippen molar-refractivity contribution in [3.63, 3.8) is 0 Å². The van der Waals surface area contributed by atoms with Gasteiger partial charge in [0.15, 0.2) is 0 Å². The average Bonchev–Trinajstić information content (AvgIpc) is 2.65. The lowest BCUT2D eigenvalue weighted by Gasteiger charge is -2.16. The summed E-state index contributed by atoms with van der Waals surface area (Å²) in [6.07, 6.45) is 1.49. The maximum atomic E-state index is 12.6. The number of aromatic nitrogens is 3. The van der Waals surface area contributed by atoms with Crippen LogP contribution >= 0.6 is 34.2 Å². The molecule has 0 saturated carbocycles. The van der Waals surface area contributed by atoms with Gasteiger partial charge >= 0.3 is 0 Å². The Morgan fingerprint density at radius 2 is 1.96 bits per heavy atom. The second-order valence-corrected chi connectivity index (χ2v) is 7.20. The van der Waals surface area contributed by atoms with Crippen LogP contribution in [0.3, 0.4) is 0 Å². The van der Waals surface area contributed by atoms with Crippen LogP contribution in [0.15, 0.2) is 53.5 Å². The first kappa shape index (κ1) is 19.0. The lowest BCUT2D eigenvalue weighted by atomic mass is 10.1. The lowest BCUT2D eigenvalue weighted by Crippen LogP contribution is -2.22. The van der Waals surface area contributed by atoms with Crippen molar-refractivity contribution in [3.8, 4) is 11.1 Å². The summed E-state index contributed by atoms with van der Waals surface area (Å²) in [6.45, 7) is 2.15. The Labute approximate surface area is 170 Å². The predicted molar refractivity (Wildman–Crippen MR) is 110 cm³/mol. The van der Waals surface area contributed by atoms with Crippen LogP contribution in [0.2, 0.25) is 5.15 Å². The van der Waals surface area contributed by atoms with Crippen molar-refractivity contribution < 1.29 is 4.74 Å². The van der Waals surface area contributed by atoms with Crippen molar-refractivity contribution in [2.75, 3.05) is 0 Å². The van der Waals surface area contributed by atoms with Gasteiger partial charge in [0.2, 0.25) is 0 Å². The summed E-state index contributed by atoms with van der Waals surface area (Å²) in [5.74, 6) is 0.577. The van der Waals surface area contributed by atoms with E-state index in [0.29, 0.717) is 16.5 Å². The van der Waals surface area contributed by atoms with Gasteiger partial charge in [-0.2, -0.15) is 4.98 Å². The van der Waals surface area contributed by atoms with Gasteiger partial charge in [0, 0.05) is 13.2 Å². The van der Waals surface area contributed by atoms with E-state index in [9.17, 15) is 4.79 Å². The molecule has 0 radical (unpaired) electrons. The highest BCUT2D eigenvalue weighted by molar-refractivity contribution is 14.1. The highest BCUT2D eigenvalue weighted by Gasteiger charge is 2.16. The zero-order valence-electron chi connectivity index (χ0n) is 14.3. The fourth-order valence-corrected chi connectivity index (χ4v) is 3.45. The Kier molecular flexibility index (Phi) is 6.05. The van der Waals surface area contributed by atoms with E-state index in [-0.39, 0.29) is 18.3 Å². The predicted octanol–water partition coefficient (Wildman–Crippen LogP) is 4.38. The maximum absolute atomic E-state index is 12.6. The number of nitrogens with zero attached hydrogens (tertiary/aromatic N) is 3. The van der Waals surface area contributed by atoms with E-state index in [1.807, 2.05) is 54.9 Å². The number of benzene rings is 1. The fourth-order valence-electron chi connectivity index (χ4n) is 2.52. The summed E-state index contributed by atoms with van der Waals surface area (Å²) in [6, 6.07) is 13.1. The van der Waals surface area contributed by atoms with Crippen molar-refractivity contribution in [2.24, 2.45) is 7.05 Å². The molecule has 134 valence electrons. The molecule has 3 rings (SSSR count). The van der Waals surface area contributed by atoms with Crippen molar-refractivity contribution in [3.05, 3.63) is 79.3 Å². The highest BCUT2D eigenvalue weighted by Crippen LogP contribution is 2.23. The minimum absolute atomic E-state index is 0.192. The molecule has 0 aliphatic rings. The summed E-state index contributed by atoms with van der Waals surface area (Å²) in [4.78, 5) is 20.8. The Morgan fingerprint density at radius 1 is 1.23 bits per heavy atom. The standard InChI is InChI=1S/C19H17ClIN3O2/c1-12(14-8-9-15(20)22-10-14)26-11-16-23-19(25)17(18(21)24(16)2)13-6-4-3-5-7-13/h3-10,12H,11H2,1-2H3. The first-order chi connectivity index (χ1) is 12.5. The topological polar surface area (TPSA) is 57.0 Å². The molecule has 0 bridgehead atoms. The lowest BCUT2D eigenvalue weighted by molar-refractivity contribution is 0.0460. The quantitative estimate of drug-likeness (QED) is 0.308. The average molecular weight is 482 g/mol. The molecule has 1 aromatic carbocycles. The largest absolute Gasteiger partial charge is 0.366 e. The first-order valence-corrected chi connectivity index (χ1v) is 9.47. The van der Waals surface area contributed by atoms with Crippen LogP contribution in [0, 0.1) is 3.70 Å². The van der Waals surface area contributed by atoms with Crippen molar-refractivity contribution >= 4 is 34.2 Å². The minimum Gasteiger partial charge on any atom is -0.366 e. The third-order valence-electron chi connectivity index (χ3n) is 4.08. The van der Waals surface area contributed by atoms with Crippen molar-refractivity contribution in [2.45, 2.75) is 19.6 Å². The van der Waals surface area contributed by atoms with Gasteiger partial charge in [0.1, 0.15) is 17.6 Å². The normalized spacial score (nSPS) is 12.2. The van der Waals surface area contributed by atoms with E-state index < -0.39 is 0 Å². The molecule has 2 heterocycles. The summed E-state index contributed by atoms with van der Waals surface area (Å²) in [5, 5.41) is 0.441. The molecule has 0 aliphatic heterocycles. The molecule has 0 spiro atoms. The monoisotopic (exact) mass is 481 g/mol. The Balaban J connectivity index is 1.83. The maximum Gasteiger partial charge on any atom is 0.281 e. The Morgan fingerprint density at radius 3 is 2.62 bits per heavy atom. The van der Waals surface area contributed by atoms with E-state index in [1.165, 1.54) is 0 Å². The molecule has 1 unspecified atom stereocenters. The van der Waals surface area contributed by atoms with Gasteiger partial charge in [0.05, 0.1) is 15.4 Å². The first-order valence-electron chi connectivity index (χ1n) is 8.01. The zero-order valence-corrected chi connectivity index (χ0v) is 17.2. The van der Waals surface area contributed by atoms with Gasteiger partial charge in [-0.05, 0) is 46.7 Å². The van der Waals surface area contributed by atoms with Crippen LogP contribution in [0.1, 0.15) is 24.4 Å². The van der Waals surface area contributed by atoms with Crippen LogP contribution < -0.4 is 5.56 Å². The second-order valence-electron chi connectivity index (χ2n) is 5.79. The van der Waals surface area contributed by atoms with Gasteiger partial charge in [-0.1, -0.05) is 48.0 Å². The number of hydrogen-bond acceptors (Lipinski definition) is 4. The van der Waals surface area contributed by atoms with Crippen LogP contribution in [0.4, 0.5) is 0 Å². The van der Waals surface area contributed by atoms with Crippen molar-refractivity contribution in [1.29, 1.82) is 0 Å². The fraction of sp³-hybridized carbons (Fsp3) is 0.211. The number of pyridine rings is 1. The van der Waals surface area contributed by atoms with Gasteiger partial charge < -0.3 is 9.30 Å². The molecule has 26 heavy (non-hydrogen) atoms. The second kappa shape index (κ2) is 8.28. The summed E-state index contributed by atoms with van der Waals surface area (Å²) >= 11 is 7.98. The molecule has 0 amide bonds. The van der Waals surface area contributed by atoms with Gasteiger partial charge in [-0.25, -0.2) is 4.98 Å². The summed E-state index contributed by atoms with van der Waals surface area (Å²) < 4.78 is 8.59. The number of halogens is 2. The molecule has 0 N–H and O–H groups in total. The molecule has 2 aromatic heterocycles. The number of rotatable bonds is 5. The number of hydrogen-bond donors (Lipinski definition) is 0. The van der Waals surface area contributed by atoms with Crippen LogP contribution in [-0.4, -0.2) is 14.5 Å². The van der Waals surface area contributed by atoms with E-state index >= 15 is 0 Å². The molecule has 0 fully saturated rings. The smallest absolute Gasteiger partial charge is 0.281 e. The van der Waals surface area contributed by atoms with Gasteiger partial charge in [0.25, 0.3) is 5.56 Å². The molecule has 5 nitrogen and oxygen atoms in total. The zero-order chi connectivity index (χ0) is 18.7. The summed E-state index contributed by atoms with van der Waals surface area (Å²) in [5.41, 5.74) is 2.12. The molecular formula is C19H17ClIN3O2. The van der Waals surface area contributed by atoms with Gasteiger partial charge in [-0.15, -0.1) is 0 Å². The molecule has 3 aromatic rings. The van der Waals surface area contributed by atoms with Crippen LogP contribution in [0.5, 0.6) is 0 Å². The van der Waals surface area contributed by atoms with E-state index in [4.69, 9.17) is 16.3 Å². The number of ether oxygens (including phenoxy) is 1. The molecule has 1 atom stereocenters. The van der Waals surface area contributed by atoms with E-state index in [0.717, 1.165) is 14.8 Å². The molecule has 0 aliphatic carbocycles. The highest BCUT2D eigenvalue weighted by atomic mass is 127. The van der Waals surface area contributed by atoms with Crippen LogP contribution in [-0.2, 0) is 18.4 Å². The third kappa shape index (κ3) is 4.13. The van der Waals surface area contributed by atoms with E-state index in [1.54, 1.807) is 12.3 Å². The van der Waals surface area contributed by atoms with Crippen molar-refractivity contribution in [1.82, 2.24) is 14.5 Å². The molecule has 0 saturated heterocycles.